The van der Waals surface area contributed by atoms with E-state index >= 15 is 0 Å². The molecule has 0 aromatic carbocycles. The van der Waals surface area contributed by atoms with E-state index in [1.54, 1.807) is 7.11 Å². The molecular formula is C15H32N2O. The minimum atomic E-state index is 0.302. The van der Waals surface area contributed by atoms with Crippen LogP contribution < -0.4 is 5.73 Å². The molecule has 18 heavy (non-hydrogen) atoms. The minimum Gasteiger partial charge on any atom is -0.383 e. The summed E-state index contributed by atoms with van der Waals surface area (Å²) in [6.45, 7) is 9.92. The fourth-order valence-corrected chi connectivity index (χ4v) is 3.32. The molecule has 108 valence electrons. The molecule has 1 rings (SSSR count). The highest BCUT2D eigenvalue weighted by Gasteiger charge is 2.38. The molecule has 2 unspecified atom stereocenters. The van der Waals surface area contributed by atoms with Crippen molar-refractivity contribution in [1.82, 2.24) is 4.90 Å². The van der Waals surface area contributed by atoms with Gasteiger partial charge in [-0.3, -0.25) is 4.90 Å². The molecule has 0 heterocycles. The topological polar surface area (TPSA) is 38.5 Å². The molecule has 1 fully saturated rings. The first-order valence-electron chi connectivity index (χ1n) is 7.56. The van der Waals surface area contributed by atoms with E-state index in [1.165, 1.54) is 32.1 Å². The monoisotopic (exact) mass is 256 g/mol. The van der Waals surface area contributed by atoms with Gasteiger partial charge in [0, 0.05) is 32.3 Å². The second-order valence-electron chi connectivity index (χ2n) is 6.09. The maximum Gasteiger partial charge on any atom is 0.0589 e. The van der Waals surface area contributed by atoms with Crippen molar-refractivity contribution >= 4 is 0 Å². The summed E-state index contributed by atoms with van der Waals surface area (Å²) in [6.07, 6.45) is 6.19. The molecule has 3 nitrogen and oxygen atoms in total. The fraction of sp³-hybridized carbons (Fsp3) is 1.00. The maximum atomic E-state index is 6.32. The van der Waals surface area contributed by atoms with E-state index in [1.807, 2.05) is 0 Å². The zero-order valence-electron chi connectivity index (χ0n) is 12.7. The summed E-state index contributed by atoms with van der Waals surface area (Å²) in [6, 6.07) is 1.04. The smallest absolute Gasteiger partial charge is 0.0589 e. The standard InChI is InChI=1S/C15H32N2O/c1-5-13(6-2)17(10-11-18-4)12-15(3)9-7-8-14(15)16/h13-14H,5-12,16H2,1-4H3. The number of nitrogens with two attached hydrogens (primary N) is 1. The van der Waals surface area contributed by atoms with Gasteiger partial charge in [0.05, 0.1) is 6.61 Å². The van der Waals surface area contributed by atoms with E-state index in [0.717, 1.165) is 19.7 Å². The van der Waals surface area contributed by atoms with Crippen molar-refractivity contribution in [2.24, 2.45) is 11.1 Å². The van der Waals surface area contributed by atoms with Gasteiger partial charge < -0.3 is 10.5 Å². The number of methoxy groups -OCH3 is 1. The quantitative estimate of drug-likeness (QED) is 0.725. The molecule has 3 heteroatoms. The van der Waals surface area contributed by atoms with Crippen LogP contribution in [-0.4, -0.2) is 43.8 Å². The molecule has 0 aromatic heterocycles. The lowest BCUT2D eigenvalue weighted by Crippen LogP contribution is -2.48. The Morgan fingerprint density at radius 2 is 2.06 bits per heavy atom. The van der Waals surface area contributed by atoms with Crippen LogP contribution in [0.3, 0.4) is 0 Å². The average molecular weight is 256 g/mol. The van der Waals surface area contributed by atoms with Crippen LogP contribution in [0.2, 0.25) is 0 Å². The summed E-state index contributed by atoms with van der Waals surface area (Å²) in [4.78, 5) is 2.61. The van der Waals surface area contributed by atoms with Gasteiger partial charge in [-0.1, -0.05) is 27.2 Å². The lowest BCUT2D eigenvalue weighted by atomic mass is 9.84. The summed E-state index contributed by atoms with van der Waals surface area (Å²) >= 11 is 0. The predicted molar refractivity (Wildman–Crippen MR) is 77.8 cm³/mol. The van der Waals surface area contributed by atoms with Gasteiger partial charge in [-0.2, -0.15) is 0 Å². The Balaban J connectivity index is 2.64. The molecule has 1 aliphatic rings. The van der Waals surface area contributed by atoms with Gasteiger partial charge >= 0.3 is 0 Å². The van der Waals surface area contributed by atoms with Crippen molar-refractivity contribution in [2.45, 2.75) is 65.0 Å². The van der Waals surface area contributed by atoms with Crippen LogP contribution in [0.25, 0.3) is 0 Å². The van der Waals surface area contributed by atoms with Crippen molar-refractivity contribution in [3.05, 3.63) is 0 Å². The molecule has 0 spiro atoms. The summed E-state index contributed by atoms with van der Waals surface area (Å²) < 4.78 is 5.26. The first-order chi connectivity index (χ1) is 8.57. The molecule has 0 radical (unpaired) electrons. The van der Waals surface area contributed by atoms with Crippen molar-refractivity contribution in [2.75, 3.05) is 26.8 Å². The SMILES string of the molecule is CCC(CC)N(CCOC)CC1(C)CCCC1N. The fourth-order valence-electron chi connectivity index (χ4n) is 3.32. The van der Waals surface area contributed by atoms with Gasteiger partial charge in [0.25, 0.3) is 0 Å². The molecule has 0 amide bonds. The second kappa shape index (κ2) is 7.46. The number of hydrogen-bond donors (Lipinski definition) is 1. The Labute approximate surface area is 113 Å². The van der Waals surface area contributed by atoms with Crippen LogP contribution in [0.15, 0.2) is 0 Å². The highest BCUT2D eigenvalue weighted by molar-refractivity contribution is 4.94. The van der Waals surface area contributed by atoms with Gasteiger partial charge in [-0.15, -0.1) is 0 Å². The first kappa shape index (κ1) is 15.9. The van der Waals surface area contributed by atoms with E-state index in [-0.39, 0.29) is 0 Å². The van der Waals surface area contributed by atoms with Gasteiger partial charge in [-0.05, 0) is 31.1 Å². The zero-order chi connectivity index (χ0) is 13.6. The highest BCUT2D eigenvalue weighted by Crippen LogP contribution is 2.38. The van der Waals surface area contributed by atoms with Crippen molar-refractivity contribution in [1.29, 1.82) is 0 Å². The molecule has 1 saturated carbocycles. The third-order valence-corrected chi connectivity index (χ3v) is 4.76. The highest BCUT2D eigenvalue weighted by atomic mass is 16.5. The Kier molecular flexibility index (Phi) is 6.61. The Morgan fingerprint density at radius 1 is 1.39 bits per heavy atom. The van der Waals surface area contributed by atoms with E-state index in [0.29, 0.717) is 17.5 Å². The number of hydrogen-bond acceptors (Lipinski definition) is 3. The van der Waals surface area contributed by atoms with Crippen LogP contribution in [0.1, 0.15) is 52.9 Å². The van der Waals surface area contributed by atoms with Crippen LogP contribution in [0.5, 0.6) is 0 Å². The Hall–Kier alpha value is -0.120. The number of rotatable bonds is 8. The van der Waals surface area contributed by atoms with Gasteiger partial charge in [0.15, 0.2) is 0 Å². The van der Waals surface area contributed by atoms with Crippen LogP contribution in [0, 0.1) is 5.41 Å². The lowest BCUT2D eigenvalue weighted by molar-refractivity contribution is 0.0725. The van der Waals surface area contributed by atoms with Gasteiger partial charge in [0.2, 0.25) is 0 Å². The van der Waals surface area contributed by atoms with Crippen LogP contribution >= 0.6 is 0 Å². The molecule has 0 aliphatic heterocycles. The van der Waals surface area contributed by atoms with Crippen LogP contribution in [-0.2, 0) is 4.74 Å². The lowest BCUT2D eigenvalue weighted by Gasteiger charge is -2.39. The molecule has 0 aromatic rings. The summed E-state index contributed by atoms with van der Waals surface area (Å²) in [5, 5.41) is 0. The van der Waals surface area contributed by atoms with Gasteiger partial charge in [-0.25, -0.2) is 0 Å². The van der Waals surface area contributed by atoms with E-state index in [4.69, 9.17) is 10.5 Å². The molecule has 0 saturated heterocycles. The molecular weight excluding hydrogens is 224 g/mol. The zero-order valence-corrected chi connectivity index (χ0v) is 12.7. The number of ether oxygens (including phenoxy) is 1. The average Bonchev–Trinajstić information content (AvgIpc) is 2.68. The van der Waals surface area contributed by atoms with Crippen molar-refractivity contribution in [3.63, 3.8) is 0 Å². The normalized spacial score (nSPS) is 28.5. The summed E-state index contributed by atoms with van der Waals surface area (Å²) in [7, 11) is 1.79. The third-order valence-electron chi connectivity index (χ3n) is 4.76. The molecule has 2 atom stereocenters. The Morgan fingerprint density at radius 3 is 2.50 bits per heavy atom. The van der Waals surface area contributed by atoms with E-state index in [9.17, 15) is 0 Å². The summed E-state index contributed by atoms with van der Waals surface area (Å²) in [5.74, 6) is 0. The second-order valence-corrected chi connectivity index (χ2v) is 6.09. The third kappa shape index (κ3) is 3.94. The predicted octanol–water partition coefficient (Wildman–Crippen LogP) is 2.64. The summed E-state index contributed by atoms with van der Waals surface area (Å²) in [5.41, 5.74) is 6.62. The van der Waals surface area contributed by atoms with E-state index in [2.05, 4.69) is 25.7 Å². The largest absolute Gasteiger partial charge is 0.383 e. The molecule has 1 aliphatic carbocycles. The van der Waals surface area contributed by atoms with Crippen LogP contribution in [0.4, 0.5) is 0 Å². The minimum absolute atomic E-state index is 0.302. The van der Waals surface area contributed by atoms with E-state index < -0.39 is 0 Å². The maximum absolute atomic E-state index is 6.32. The van der Waals surface area contributed by atoms with Gasteiger partial charge in [0.1, 0.15) is 0 Å². The number of nitrogens with zero attached hydrogens (tertiary/aromatic N) is 1. The van der Waals surface area contributed by atoms with Crippen molar-refractivity contribution < 1.29 is 4.74 Å². The Bertz CT molecular complexity index is 231. The first-order valence-corrected chi connectivity index (χ1v) is 7.56. The molecule has 0 bridgehead atoms. The molecule has 2 N–H and O–H groups in total. The van der Waals surface area contributed by atoms with Crippen molar-refractivity contribution in [3.8, 4) is 0 Å².